The zero-order valence-electron chi connectivity index (χ0n) is 10.9. The van der Waals surface area contributed by atoms with E-state index in [-0.39, 0.29) is 0 Å². The van der Waals surface area contributed by atoms with Gasteiger partial charge in [-0.25, -0.2) is 0 Å². The highest BCUT2D eigenvalue weighted by molar-refractivity contribution is 4.80. The van der Waals surface area contributed by atoms with Crippen molar-refractivity contribution >= 4 is 0 Å². The molecule has 0 unspecified atom stereocenters. The summed E-state index contributed by atoms with van der Waals surface area (Å²) < 4.78 is 0. The summed E-state index contributed by atoms with van der Waals surface area (Å²) in [5.41, 5.74) is 3.94. The second kappa shape index (κ2) is 11.3. The van der Waals surface area contributed by atoms with E-state index >= 15 is 0 Å². The SMILES string of the molecule is NC(CO)(CO)CO.OC[C@@H](O)[C@@H](O)[C@H](O)[C@@H](O)CO. The second-order valence-corrected chi connectivity index (χ2v) is 4.32. The maximum Gasteiger partial charge on any atom is 0.111 e. The van der Waals surface area contributed by atoms with Crippen LogP contribution in [0.3, 0.4) is 0 Å². The van der Waals surface area contributed by atoms with Crippen molar-refractivity contribution in [2.75, 3.05) is 33.0 Å². The van der Waals surface area contributed by atoms with E-state index in [9.17, 15) is 0 Å². The van der Waals surface area contributed by atoms with Gasteiger partial charge >= 0.3 is 0 Å². The molecule has 124 valence electrons. The highest BCUT2D eigenvalue weighted by Crippen LogP contribution is 2.04. The Kier molecular flexibility index (Phi) is 12.3. The first-order valence-electron chi connectivity index (χ1n) is 5.78. The average molecular weight is 303 g/mol. The molecule has 10 heteroatoms. The molecule has 20 heavy (non-hydrogen) atoms. The van der Waals surface area contributed by atoms with Gasteiger partial charge in [0.25, 0.3) is 0 Å². The van der Waals surface area contributed by atoms with Crippen molar-refractivity contribution in [3.05, 3.63) is 0 Å². The van der Waals surface area contributed by atoms with Crippen molar-refractivity contribution in [3.63, 3.8) is 0 Å². The standard InChI is InChI=1S/C6H14O6.C4H11NO3/c7-1-3(9)5(11)6(12)4(10)2-8;5-4(1-6,2-7)3-8/h3-12H,1-2H2;6-8H,1-3,5H2/t3-,4+,5-,6-;/m1./s1. The fourth-order valence-corrected chi connectivity index (χ4v) is 0.821. The van der Waals surface area contributed by atoms with Gasteiger partial charge in [0.15, 0.2) is 0 Å². The van der Waals surface area contributed by atoms with Gasteiger partial charge in [0.05, 0.1) is 38.6 Å². The minimum atomic E-state index is -1.67. The number of aliphatic hydroxyl groups is 9. The Morgan fingerprint density at radius 1 is 0.650 bits per heavy atom. The van der Waals surface area contributed by atoms with Crippen LogP contribution < -0.4 is 5.73 Å². The quantitative estimate of drug-likeness (QED) is 0.205. The molecule has 0 heterocycles. The number of hydrogen-bond donors (Lipinski definition) is 10. The van der Waals surface area contributed by atoms with Crippen LogP contribution in [0.15, 0.2) is 0 Å². The smallest absolute Gasteiger partial charge is 0.111 e. The molecule has 0 radical (unpaired) electrons. The maximum absolute atomic E-state index is 8.96. The third kappa shape index (κ3) is 8.01. The number of nitrogens with two attached hydrogens (primary N) is 1. The summed E-state index contributed by atoms with van der Waals surface area (Å²) in [5.74, 6) is 0. The van der Waals surface area contributed by atoms with Crippen molar-refractivity contribution in [2.24, 2.45) is 5.73 Å². The first kappa shape index (κ1) is 21.9. The van der Waals surface area contributed by atoms with Gasteiger partial charge in [-0.3, -0.25) is 0 Å². The van der Waals surface area contributed by atoms with Crippen LogP contribution in [0, 0.1) is 0 Å². The van der Waals surface area contributed by atoms with Crippen molar-refractivity contribution in [3.8, 4) is 0 Å². The predicted molar refractivity (Wildman–Crippen MR) is 66.4 cm³/mol. The number of aliphatic hydroxyl groups excluding tert-OH is 9. The van der Waals surface area contributed by atoms with E-state index in [4.69, 9.17) is 51.7 Å². The van der Waals surface area contributed by atoms with Gasteiger partial charge in [-0.2, -0.15) is 0 Å². The van der Waals surface area contributed by atoms with Crippen LogP contribution in [0.5, 0.6) is 0 Å². The lowest BCUT2D eigenvalue weighted by atomic mass is 10.0. The molecule has 4 atom stereocenters. The van der Waals surface area contributed by atoms with E-state index in [1.807, 2.05) is 0 Å². The molecule has 0 aliphatic heterocycles. The molecule has 0 aromatic rings. The lowest BCUT2D eigenvalue weighted by Crippen LogP contribution is -2.50. The molecular formula is C10H25NO9. The van der Waals surface area contributed by atoms with Gasteiger partial charge in [0.1, 0.15) is 24.4 Å². The molecule has 0 aliphatic carbocycles. The molecule has 0 amide bonds. The third-order valence-corrected chi connectivity index (χ3v) is 2.46. The van der Waals surface area contributed by atoms with Gasteiger partial charge in [-0.05, 0) is 0 Å². The summed E-state index contributed by atoms with van der Waals surface area (Å²) in [6.45, 7) is -2.66. The van der Waals surface area contributed by atoms with Crippen LogP contribution in [0.25, 0.3) is 0 Å². The Bertz CT molecular complexity index is 205. The minimum absolute atomic E-state index is 0.403. The molecule has 0 rings (SSSR count). The lowest BCUT2D eigenvalue weighted by molar-refractivity contribution is -0.123. The van der Waals surface area contributed by atoms with Crippen LogP contribution in [0.1, 0.15) is 0 Å². The molecule has 0 saturated carbocycles. The van der Waals surface area contributed by atoms with Crippen LogP contribution in [-0.4, -0.2) is 109 Å². The minimum Gasteiger partial charge on any atom is -0.394 e. The zero-order chi connectivity index (χ0) is 16.3. The van der Waals surface area contributed by atoms with Crippen molar-refractivity contribution in [1.29, 1.82) is 0 Å². The fraction of sp³-hybridized carbons (Fsp3) is 1.00. The number of rotatable bonds is 8. The van der Waals surface area contributed by atoms with Crippen molar-refractivity contribution < 1.29 is 46.0 Å². The highest BCUT2D eigenvalue weighted by Gasteiger charge is 2.29. The van der Waals surface area contributed by atoms with E-state index in [0.717, 1.165) is 0 Å². The molecule has 0 aromatic heterocycles. The average Bonchev–Trinajstić information content (AvgIpc) is 2.51. The molecule has 11 N–H and O–H groups in total. The molecule has 0 fully saturated rings. The summed E-state index contributed by atoms with van der Waals surface area (Å²) in [5, 5.41) is 77.2. The summed E-state index contributed by atoms with van der Waals surface area (Å²) >= 11 is 0. The third-order valence-electron chi connectivity index (χ3n) is 2.46. The largest absolute Gasteiger partial charge is 0.394 e. The molecule has 0 spiro atoms. The topological polar surface area (TPSA) is 208 Å². The van der Waals surface area contributed by atoms with Gasteiger partial charge < -0.3 is 51.7 Å². The first-order chi connectivity index (χ1) is 9.22. The number of hydrogen-bond acceptors (Lipinski definition) is 10. The van der Waals surface area contributed by atoms with Gasteiger partial charge in [-0.15, -0.1) is 0 Å². The Morgan fingerprint density at radius 2 is 0.900 bits per heavy atom. The van der Waals surface area contributed by atoms with Crippen LogP contribution in [0.4, 0.5) is 0 Å². The molecular weight excluding hydrogens is 278 g/mol. The summed E-state index contributed by atoms with van der Waals surface area (Å²) in [6.07, 6.45) is -6.39. The normalized spacial score (nSPS) is 17.7. The Balaban J connectivity index is 0. The summed E-state index contributed by atoms with van der Waals surface area (Å²) in [4.78, 5) is 0. The van der Waals surface area contributed by atoms with Crippen LogP contribution in [-0.2, 0) is 0 Å². The van der Waals surface area contributed by atoms with E-state index in [1.54, 1.807) is 0 Å². The van der Waals surface area contributed by atoms with Crippen molar-refractivity contribution in [2.45, 2.75) is 30.0 Å². The maximum atomic E-state index is 8.96. The molecule has 0 aliphatic rings. The molecule has 0 saturated heterocycles. The van der Waals surface area contributed by atoms with Gasteiger partial charge in [-0.1, -0.05) is 0 Å². The monoisotopic (exact) mass is 303 g/mol. The lowest BCUT2D eigenvalue weighted by Gasteiger charge is -2.24. The summed E-state index contributed by atoms with van der Waals surface area (Å²) in [7, 11) is 0. The molecule has 10 nitrogen and oxygen atoms in total. The second-order valence-electron chi connectivity index (χ2n) is 4.32. The summed E-state index contributed by atoms with van der Waals surface area (Å²) in [6, 6.07) is 0. The van der Waals surface area contributed by atoms with E-state index < -0.39 is 63.0 Å². The van der Waals surface area contributed by atoms with E-state index in [2.05, 4.69) is 0 Å². The molecule has 0 bridgehead atoms. The van der Waals surface area contributed by atoms with E-state index in [0.29, 0.717) is 0 Å². The van der Waals surface area contributed by atoms with Crippen molar-refractivity contribution in [1.82, 2.24) is 0 Å². The van der Waals surface area contributed by atoms with Crippen LogP contribution in [0.2, 0.25) is 0 Å². The Morgan fingerprint density at radius 3 is 1.00 bits per heavy atom. The zero-order valence-corrected chi connectivity index (χ0v) is 10.9. The van der Waals surface area contributed by atoms with E-state index in [1.165, 1.54) is 0 Å². The van der Waals surface area contributed by atoms with Gasteiger partial charge in [0, 0.05) is 0 Å². The molecule has 0 aromatic carbocycles. The fourth-order valence-electron chi connectivity index (χ4n) is 0.821. The first-order valence-corrected chi connectivity index (χ1v) is 5.78. The predicted octanol–water partition coefficient (Wildman–Crippen LogP) is -5.92. The van der Waals surface area contributed by atoms with Gasteiger partial charge in [0.2, 0.25) is 0 Å². The highest BCUT2D eigenvalue weighted by atomic mass is 16.4. The Labute approximate surface area is 116 Å². The van der Waals surface area contributed by atoms with Crippen LogP contribution >= 0.6 is 0 Å². The Hall–Kier alpha value is -0.400.